The van der Waals surface area contributed by atoms with Gasteiger partial charge in [0.05, 0.1) is 0 Å². The van der Waals surface area contributed by atoms with E-state index in [2.05, 4.69) is 16.0 Å². The first-order chi connectivity index (χ1) is 9.15. The first-order valence-electron chi connectivity index (χ1n) is 6.54. The Hall–Kier alpha value is -1.59. The lowest BCUT2D eigenvalue weighted by atomic mass is 10.1. The second kappa shape index (κ2) is 7.87. The van der Waals surface area contributed by atoms with E-state index in [9.17, 15) is 9.59 Å². The molecule has 6 heteroatoms. The largest absolute Gasteiger partial charge is 0.348 e. The standard InChI is InChI=1S/C14H19N3O2.ClH/c1-10(18)16-12-6-4-11(5-7-12)14(19)17-13-3-2-8-15-9-13;/h4-7,13,15H,2-3,8-9H2,1H3,(H,16,18)(H,17,19);1H. The molecule has 1 saturated heterocycles. The van der Waals surface area contributed by atoms with Crippen LogP contribution in [0.4, 0.5) is 5.69 Å². The highest BCUT2D eigenvalue weighted by atomic mass is 35.5. The normalized spacial score (nSPS) is 17.8. The van der Waals surface area contributed by atoms with Crippen LogP contribution in [0.25, 0.3) is 0 Å². The summed E-state index contributed by atoms with van der Waals surface area (Å²) in [6, 6.07) is 7.11. The molecule has 0 spiro atoms. The lowest BCUT2D eigenvalue weighted by Gasteiger charge is -2.23. The zero-order valence-corrected chi connectivity index (χ0v) is 12.3. The number of benzene rings is 1. The monoisotopic (exact) mass is 297 g/mol. The molecule has 0 saturated carbocycles. The van der Waals surface area contributed by atoms with Gasteiger partial charge in [0.25, 0.3) is 5.91 Å². The van der Waals surface area contributed by atoms with Crippen LogP contribution in [0.15, 0.2) is 24.3 Å². The molecule has 0 radical (unpaired) electrons. The van der Waals surface area contributed by atoms with Crippen LogP contribution in [0, 0.1) is 0 Å². The molecule has 1 atom stereocenters. The maximum Gasteiger partial charge on any atom is 0.251 e. The molecule has 2 amide bonds. The smallest absolute Gasteiger partial charge is 0.251 e. The van der Waals surface area contributed by atoms with Gasteiger partial charge in [0.15, 0.2) is 0 Å². The minimum Gasteiger partial charge on any atom is -0.348 e. The molecule has 0 aliphatic carbocycles. The van der Waals surface area contributed by atoms with Crippen molar-refractivity contribution in [2.75, 3.05) is 18.4 Å². The van der Waals surface area contributed by atoms with E-state index in [1.807, 2.05) is 0 Å². The number of hydrogen-bond acceptors (Lipinski definition) is 3. The Morgan fingerprint density at radius 1 is 1.25 bits per heavy atom. The summed E-state index contributed by atoms with van der Waals surface area (Å²) in [6.45, 7) is 3.31. The first-order valence-corrected chi connectivity index (χ1v) is 6.54. The fraction of sp³-hybridized carbons (Fsp3) is 0.429. The summed E-state index contributed by atoms with van der Waals surface area (Å²) in [5.41, 5.74) is 1.31. The molecular formula is C14H20ClN3O2. The fourth-order valence-electron chi connectivity index (χ4n) is 2.15. The predicted molar refractivity (Wildman–Crippen MR) is 81.4 cm³/mol. The van der Waals surface area contributed by atoms with Gasteiger partial charge in [-0.25, -0.2) is 0 Å². The maximum atomic E-state index is 12.0. The molecule has 0 aromatic heterocycles. The third kappa shape index (κ3) is 4.83. The topological polar surface area (TPSA) is 70.2 Å². The van der Waals surface area contributed by atoms with Crippen molar-refractivity contribution in [3.05, 3.63) is 29.8 Å². The quantitative estimate of drug-likeness (QED) is 0.793. The van der Waals surface area contributed by atoms with Crippen LogP contribution in [0.5, 0.6) is 0 Å². The minimum atomic E-state index is -0.120. The molecule has 1 heterocycles. The average Bonchev–Trinajstić information content (AvgIpc) is 2.40. The highest BCUT2D eigenvalue weighted by Gasteiger charge is 2.16. The number of halogens is 1. The summed E-state index contributed by atoms with van der Waals surface area (Å²) in [5.74, 6) is -0.187. The third-order valence-corrected chi connectivity index (χ3v) is 3.10. The molecule has 20 heavy (non-hydrogen) atoms. The van der Waals surface area contributed by atoms with E-state index in [1.165, 1.54) is 6.92 Å². The SMILES string of the molecule is CC(=O)Nc1ccc(C(=O)NC2CCCNC2)cc1.Cl. The third-order valence-electron chi connectivity index (χ3n) is 3.10. The Kier molecular flexibility index (Phi) is 6.48. The number of anilines is 1. The van der Waals surface area contributed by atoms with Gasteiger partial charge in [-0.3, -0.25) is 9.59 Å². The zero-order chi connectivity index (χ0) is 13.7. The van der Waals surface area contributed by atoms with Crippen molar-refractivity contribution in [1.29, 1.82) is 0 Å². The predicted octanol–water partition coefficient (Wildman–Crippen LogP) is 1.55. The van der Waals surface area contributed by atoms with E-state index in [1.54, 1.807) is 24.3 Å². The summed E-state index contributed by atoms with van der Waals surface area (Å²) < 4.78 is 0. The van der Waals surface area contributed by atoms with Crippen LogP contribution >= 0.6 is 12.4 Å². The zero-order valence-electron chi connectivity index (χ0n) is 11.4. The molecule has 1 aromatic carbocycles. The number of carbonyl (C=O) groups is 2. The van der Waals surface area contributed by atoms with Gasteiger partial charge in [0.1, 0.15) is 0 Å². The summed E-state index contributed by atoms with van der Waals surface area (Å²) in [6.07, 6.45) is 2.11. The van der Waals surface area contributed by atoms with Gasteiger partial charge in [0, 0.05) is 30.8 Å². The van der Waals surface area contributed by atoms with Crippen LogP contribution in [0.1, 0.15) is 30.1 Å². The van der Waals surface area contributed by atoms with E-state index in [0.717, 1.165) is 25.9 Å². The van der Waals surface area contributed by atoms with Crippen molar-refractivity contribution in [3.8, 4) is 0 Å². The highest BCUT2D eigenvalue weighted by molar-refractivity contribution is 5.95. The van der Waals surface area contributed by atoms with E-state index < -0.39 is 0 Å². The summed E-state index contributed by atoms with van der Waals surface area (Å²) >= 11 is 0. The summed E-state index contributed by atoms with van der Waals surface area (Å²) in [7, 11) is 0. The van der Waals surface area contributed by atoms with Gasteiger partial charge < -0.3 is 16.0 Å². The Morgan fingerprint density at radius 2 is 1.95 bits per heavy atom. The van der Waals surface area contributed by atoms with Crippen LogP contribution in [0.3, 0.4) is 0 Å². The average molecular weight is 298 g/mol. The number of hydrogen-bond donors (Lipinski definition) is 3. The van der Waals surface area contributed by atoms with E-state index in [4.69, 9.17) is 0 Å². The molecular weight excluding hydrogens is 278 g/mol. The van der Waals surface area contributed by atoms with Gasteiger partial charge >= 0.3 is 0 Å². The van der Waals surface area contributed by atoms with Crippen molar-refractivity contribution in [1.82, 2.24) is 10.6 Å². The maximum absolute atomic E-state index is 12.0. The van der Waals surface area contributed by atoms with Crippen LogP contribution < -0.4 is 16.0 Å². The summed E-state index contributed by atoms with van der Waals surface area (Å²) in [5, 5.41) is 8.94. The van der Waals surface area contributed by atoms with Crippen molar-refractivity contribution in [2.45, 2.75) is 25.8 Å². The number of piperidine rings is 1. The Morgan fingerprint density at radius 3 is 2.50 bits per heavy atom. The molecule has 1 unspecified atom stereocenters. The second-order valence-electron chi connectivity index (χ2n) is 4.78. The Labute approximate surface area is 124 Å². The highest BCUT2D eigenvalue weighted by Crippen LogP contribution is 2.10. The first kappa shape index (κ1) is 16.5. The fourth-order valence-corrected chi connectivity index (χ4v) is 2.15. The molecule has 0 bridgehead atoms. The molecule has 1 aliphatic heterocycles. The lowest BCUT2D eigenvalue weighted by molar-refractivity contribution is -0.114. The van der Waals surface area contributed by atoms with Gasteiger partial charge in [-0.2, -0.15) is 0 Å². The van der Waals surface area contributed by atoms with E-state index >= 15 is 0 Å². The second-order valence-corrected chi connectivity index (χ2v) is 4.78. The van der Waals surface area contributed by atoms with Crippen molar-refractivity contribution in [2.24, 2.45) is 0 Å². The van der Waals surface area contributed by atoms with E-state index in [-0.39, 0.29) is 30.3 Å². The van der Waals surface area contributed by atoms with Gasteiger partial charge in [-0.05, 0) is 43.7 Å². The molecule has 2 rings (SSSR count). The summed E-state index contributed by atoms with van der Waals surface area (Å²) in [4.78, 5) is 22.9. The Balaban J connectivity index is 0.00000200. The van der Waals surface area contributed by atoms with E-state index in [0.29, 0.717) is 11.3 Å². The molecule has 5 nitrogen and oxygen atoms in total. The number of carbonyl (C=O) groups excluding carboxylic acids is 2. The van der Waals surface area contributed by atoms with Crippen molar-refractivity contribution >= 4 is 29.9 Å². The van der Waals surface area contributed by atoms with Crippen LogP contribution in [-0.2, 0) is 4.79 Å². The van der Waals surface area contributed by atoms with Gasteiger partial charge in [-0.15, -0.1) is 12.4 Å². The number of amides is 2. The Bertz CT molecular complexity index is 456. The van der Waals surface area contributed by atoms with Gasteiger partial charge in [0.2, 0.25) is 5.91 Å². The molecule has 3 N–H and O–H groups in total. The van der Waals surface area contributed by atoms with Crippen LogP contribution in [0.2, 0.25) is 0 Å². The minimum absolute atomic E-state index is 0. The van der Waals surface area contributed by atoms with Crippen molar-refractivity contribution in [3.63, 3.8) is 0 Å². The van der Waals surface area contributed by atoms with Gasteiger partial charge in [-0.1, -0.05) is 0 Å². The van der Waals surface area contributed by atoms with Crippen molar-refractivity contribution < 1.29 is 9.59 Å². The molecule has 110 valence electrons. The number of rotatable bonds is 3. The number of nitrogens with one attached hydrogen (secondary N) is 3. The molecule has 1 aliphatic rings. The van der Waals surface area contributed by atoms with Crippen LogP contribution in [-0.4, -0.2) is 30.9 Å². The lowest BCUT2D eigenvalue weighted by Crippen LogP contribution is -2.45. The molecule has 1 aromatic rings. The molecule has 1 fully saturated rings.